The smallest absolute Gasteiger partial charge is 0.231 e. The zero-order valence-corrected chi connectivity index (χ0v) is 16.3. The molecule has 3 aromatic rings. The Labute approximate surface area is 173 Å². The molecule has 4 heterocycles. The lowest BCUT2D eigenvalue weighted by Crippen LogP contribution is -2.34. The molecular formula is C23H19N3O4. The van der Waals surface area contributed by atoms with Gasteiger partial charge in [-0.15, -0.1) is 0 Å². The first-order valence-corrected chi connectivity index (χ1v) is 9.82. The first-order valence-electron chi connectivity index (χ1n) is 9.82. The minimum absolute atomic E-state index is 0.0243. The number of nitrogens with zero attached hydrogens (tertiary/aromatic N) is 3. The van der Waals surface area contributed by atoms with Crippen LogP contribution < -0.4 is 18.9 Å². The maximum Gasteiger partial charge on any atom is 0.231 e. The van der Waals surface area contributed by atoms with Gasteiger partial charge in [0, 0.05) is 23.7 Å². The van der Waals surface area contributed by atoms with E-state index in [0.29, 0.717) is 5.75 Å². The predicted octanol–water partition coefficient (Wildman–Crippen LogP) is 4.06. The number of aromatic nitrogens is 1. The third kappa shape index (κ3) is 2.58. The van der Waals surface area contributed by atoms with Gasteiger partial charge in [-0.05, 0) is 36.4 Å². The summed E-state index contributed by atoms with van der Waals surface area (Å²) in [6.07, 6.45) is 2.07. The zero-order valence-electron chi connectivity index (χ0n) is 16.3. The Bertz CT molecular complexity index is 1150. The molecule has 30 heavy (non-hydrogen) atoms. The van der Waals surface area contributed by atoms with Gasteiger partial charge in [-0.1, -0.05) is 18.2 Å². The molecular weight excluding hydrogens is 382 g/mol. The summed E-state index contributed by atoms with van der Waals surface area (Å²) in [7, 11) is 1.66. The molecule has 0 radical (unpaired) electrons. The number of methoxy groups -OCH3 is 1. The second-order valence-corrected chi connectivity index (χ2v) is 7.32. The van der Waals surface area contributed by atoms with E-state index in [1.165, 1.54) is 0 Å². The van der Waals surface area contributed by atoms with Gasteiger partial charge in [-0.25, -0.2) is 5.01 Å². The van der Waals surface area contributed by atoms with Crippen molar-refractivity contribution in [3.05, 3.63) is 77.6 Å². The standard InChI is InChI=1S/C23H19N3O4/c1-27-20-7-4-5-15-18-12-17(14-8-9-19-21(11-14)29-13-28-19)25-26(18)23(30-22(15)20)16-6-2-3-10-24-16/h2-11,18,23H,12-13H2,1H3/t18-,23+/m0/s1. The minimum atomic E-state index is -0.438. The van der Waals surface area contributed by atoms with Crippen LogP contribution in [0.15, 0.2) is 65.9 Å². The summed E-state index contributed by atoms with van der Waals surface area (Å²) in [5.74, 6) is 2.98. The lowest BCUT2D eigenvalue weighted by atomic mass is 9.96. The maximum atomic E-state index is 6.40. The van der Waals surface area contributed by atoms with Gasteiger partial charge in [-0.3, -0.25) is 4.98 Å². The van der Waals surface area contributed by atoms with Crippen molar-refractivity contribution in [2.75, 3.05) is 13.9 Å². The molecule has 0 unspecified atom stereocenters. The number of hydrogen-bond donors (Lipinski definition) is 0. The minimum Gasteiger partial charge on any atom is -0.493 e. The lowest BCUT2D eigenvalue weighted by molar-refractivity contribution is -0.0236. The summed E-state index contributed by atoms with van der Waals surface area (Å²) < 4.78 is 23.0. The van der Waals surface area contributed by atoms with E-state index in [1.54, 1.807) is 13.3 Å². The largest absolute Gasteiger partial charge is 0.493 e. The van der Waals surface area contributed by atoms with E-state index < -0.39 is 6.23 Å². The van der Waals surface area contributed by atoms with E-state index in [9.17, 15) is 0 Å². The summed E-state index contributed by atoms with van der Waals surface area (Å²) in [6, 6.07) is 17.7. The molecule has 7 heteroatoms. The summed E-state index contributed by atoms with van der Waals surface area (Å²) in [4.78, 5) is 4.52. The second kappa shape index (κ2) is 6.66. The fourth-order valence-electron chi connectivity index (χ4n) is 4.21. The molecule has 3 aliphatic rings. The normalized spacial score (nSPS) is 20.8. The third-order valence-corrected chi connectivity index (χ3v) is 5.65. The van der Waals surface area contributed by atoms with Gasteiger partial charge >= 0.3 is 0 Å². The van der Waals surface area contributed by atoms with Crippen molar-refractivity contribution in [3.63, 3.8) is 0 Å². The van der Waals surface area contributed by atoms with Crippen LogP contribution in [0.3, 0.4) is 0 Å². The molecule has 1 aromatic heterocycles. The highest BCUT2D eigenvalue weighted by Gasteiger charge is 2.42. The van der Waals surface area contributed by atoms with Crippen LogP contribution in [0.2, 0.25) is 0 Å². The van der Waals surface area contributed by atoms with Gasteiger partial charge in [0.25, 0.3) is 0 Å². The van der Waals surface area contributed by atoms with Crippen LogP contribution in [-0.2, 0) is 0 Å². The van der Waals surface area contributed by atoms with Crippen molar-refractivity contribution < 1.29 is 18.9 Å². The predicted molar refractivity (Wildman–Crippen MR) is 109 cm³/mol. The molecule has 0 spiro atoms. The van der Waals surface area contributed by atoms with Crippen LogP contribution in [0.5, 0.6) is 23.0 Å². The van der Waals surface area contributed by atoms with Crippen LogP contribution in [0.1, 0.15) is 35.5 Å². The average Bonchev–Trinajstić information content (AvgIpc) is 3.45. The topological polar surface area (TPSA) is 65.4 Å². The summed E-state index contributed by atoms with van der Waals surface area (Å²) in [6.45, 7) is 0.253. The summed E-state index contributed by atoms with van der Waals surface area (Å²) in [5, 5.41) is 6.97. The quantitative estimate of drug-likeness (QED) is 0.659. The number of ether oxygens (including phenoxy) is 4. The number of fused-ring (bicyclic) bond motifs is 4. The molecule has 0 aliphatic carbocycles. The highest BCUT2D eigenvalue weighted by Crippen LogP contribution is 2.50. The van der Waals surface area contributed by atoms with E-state index in [-0.39, 0.29) is 12.8 Å². The van der Waals surface area contributed by atoms with Crippen molar-refractivity contribution in [2.24, 2.45) is 5.10 Å². The monoisotopic (exact) mass is 401 g/mol. The first-order chi connectivity index (χ1) is 14.8. The SMILES string of the molecule is COc1cccc2c1O[C@H](c1ccccn1)N1N=C(c3ccc4c(c3)OCO4)C[C@@H]21. The zero-order chi connectivity index (χ0) is 20.1. The molecule has 7 nitrogen and oxygen atoms in total. The fourth-order valence-corrected chi connectivity index (χ4v) is 4.21. The molecule has 0 bridgehead atoms. The Balaban J connectivity index is 1.45. The van der Waals surface area contributed by atoms with E-state index in [4.69, 9.17) is 24.0 Å². The van der Waals surface area contributed by atoms with Crippen molar-refractivity contribution in [1.82, 2.24) is 9.99 Å². The molecule has 0 saturated heterocycles. The number of benzene rings is 2. The number of para-hydroxylation sites is 1. The van der Waals surface area contributed by atoms with Crippen LogP contribution in [0, 0.1) is 0 Å². The number of hydrazone groups is 1. The molecule has 0 fully saturated rings. The molecule has 2 atom stereocenters. The first kappa shape index (κ1) is 17.1. The summed E-state index contributed by atoms with van der Waals surface area (Å²) in [5.41, 5.74) is 3.84. The van der Waals surface area contributed by atoms with E-state index in [1.807, 2.05) is 53.5 Å². The van der Waals surface area contributed by atoms with E-state index in [0.717, 1.165) is 46.2 Å². The van der Waals surface area contributed by atoms with Crippen molar-refractivity contribution in [1.29, 1.82) is 0 Å². The molecule has 6 rings (SSSR count). The van der Waals surface area contributed by atoms with Crippen LogP contribution in [0.4, 0.5) is 0 Å². The number of hydrogen-bond acceptors (Lipinski definition) is 7. The van der Waals surface area contributed by atoms with E-state index >= 15 is 0 Å². The van der Waals surface area contributed by atoms with Crippen molar-refractivity contribution >= 4 is 5.71 Å². The fraction of sp³-hybridized carbons (Fsp3) is 0.217. The molecule has 2 aromatic carbocycles. The molecule has 3 aliphatic heterocycles. The molecule has 0 N–H and O–H groups in total. The Kier molecular flexibility index (Phi) is 3.80. The highest BCUT2D eigenvalue weighted by atomic mass is 16.7. The molecule has 0 amide bonds. The van der Waals surface area contributed by atoms with Crippen LogP contribution in [-0.4, -0.2) is 29.6 Å². The highest BCUT2D eigenvalue weighted by molar-refractivity contribution is 6.02. The van der Waals surface area contributed by atoms with Gasteiger partial charge in [0.15, 0.2) is 23.0 Å². The number of pyridine rings is 1. The molecule has 150 valence electrons. The van der Waals surface area contributed by atoms with Gasteiger partial charge in [0.2, 0.25) is 13.0 Å². The van der Waals surface area contributed by atoms with Gasteiger partial charge in [0.05, 0.1) is 18.9 Å². The summed E-state index contributed by atoms with van der Waals surface area (Å²) >= 11 is 0. The Morgan fingerprint density at radius 1 is 1.03 bits per heavy atom. The van der Waals surface area contributed by atoms with Gasteiger partial charge in [-0.2, -0.15) is 5.10 Å². The van der Waals surface area contributed by atoms with Crippen molar-refractivity contribution in [2.45, 2.75) is 18.7 Å². The van der Waals surface area contributed by atoms with Gasteiger partial charge < -0.3 is 18.9 Å². The second-order valence-electron chi connectivity index (χ2n) is 7.32. The van der Waals surface area contributed by atoms with Gasteiger partial charge in [0.1, 0.15) is 5.69 Å². The Hall–Kier alpha value is -3.74. The molecule has 0 saturated carbocycles. The maximum absolute atomic E-state index is 6.40. The third-order valence-electron chi connectivity index (χ3n) is 5.65. The van der Waals surface area contributed by atoms with Crippen LogP contribution in [0.25, 0.3) is 0 Å². The van der Waals surface area contributed by atoms with E-state index in [2.05, 4.69) is 11.1 Å². The Morgan fingerprint density at radius 2 is 1.97 bits per heavy atom. The Morgan fingerprint density at radius 3 is 2.83 bits per heavy atom. The van der Waals surface area contributed by atoms with Crippen molar-refractivity contribution in [3.8, 4) is 23.0 Å². The number of rotatable bonds is 3. The van der Waals surface area contributed by atoms with Crippen LogP contribution >= 0.6 is 0 Å². The average molecular weight is 401 g/mol. The lowest BCUT2D eigenvalue weighted by Gasteiger charge is -2.38.